The van der Waals surface area contributed by atoms with Gasteiger partial charge in [-0.1, -0.05) is 23.9 Å². The van der Waals surface area contributed by atoms with E-state index in [9.17, 15) is 13.2 Å². The molecule has 0 radical (unpaired) electrons. The number of carbonyl (C=O) groups excluding carboxylic acids is 1. The van der Waals surface area contributed by atoms with Crippen LogP contribution in [0.15, 0.2) is 40.4 Å². The predicted molar refractivity (Wildman–Crippen MR) is 110 cm³/mol. The number of aromatic nitrogens is 2. The fraction of sp³-hybridized carbons (Fsp3) is 0.389. The van der Waals surface area contributed by atoms with Gasteiger partial charge in [0.25, 0.3) is 0 Å². The minimum atomic E-state index is -3.52. The molecule has 9 nitrogen and oxygen atoms in total. The molecule has 1 aromatic heterocycles. The average Bonchev–Trinajstić information content (AvgIpc) is 2.71. The molecule has 1 fully saturated rings. The maximum Gasteiger partial charge on any atom is 0.243 e. The van der Waals surface area contributed by atoms with E-state index >= 15 is 0 Å². The third-order valence-corrected chi connectivity index (χ3v) is 6.97. The van der Waals surface area contributed by atoms with Crippen LogP contribution in [0.1, 0.15) is 11.3 Å². The second kappa shape index (κ2) is 9.53. The number of nitrogens with one attached hydrogen (secondary N) is 1. The zero-order valence-electron chi connectivity index (χ0n) is 16.0. The fourth-order valence-corrected chi connectivity index (χ4v) is 4.88. The van der Waals surface area contributed by atoms with Gasteiger partial charge in [-0.25, -0.2) is 18.4 Å². The molecule has 3 N–H and O–H groups in total. The number of hydrogen-bond acceptors (Lipinski definition) is 8. The van der Waals surface area contributed by atoms with Crippen molar-refractivity contribution in [2.45, 2.75) is 23.5 Å². The van der Waals surface area contributed by atoms with Crippen molar-refractivity contribution >= 4 is 33.5 Å². The first-order valence-corrected chi connectivity index (χ1v) is 11.4. The van der Waals surface area contributed by atoms with Gasteiger partial charge < -0.3 is 15.8 Å². The third-order valence-electron chi connectivity index (χ3n) is 4.21. The minimum Gasteiger partial charge on any atom is -0.384 e. The van der Waals surface area contributed by atoms with Crippen molar-refractivity contribution in [1.29, 1.82) is 0 Å². The number of thioether (sulfide) groups is 1. The van der Waals surface area contributed by atoms with Gasteiger partial charge in [0.1, 0.15) is 5.82 Å². The monoisotopic (exact) mass is 437 g/mol. The van der Waals surface area contributed by atoms with Crippen LogP contribution in [-0.4, -0.2) is 60.7 Å². The molecule has 1 amide bonds. The SMILES string of the molecule is Cc1cc(N)nc(SCC(=O)NCc2ccc(S(=O)(=O)N3CCOCC3)cc2)n1. The summed E-state index contributed by atoms with van der Waals surface area (Å²) in [5, 5.41) is 3.25. The molecule has 1 aliphatic rings. The summed E-state index contributed by atoms with van der Waals surface area (Å²) in [6.45, 7) is 3.63. The quantitative estimate of drug-likeness (QED) is 0.481. The lowest BCUT2D eigenvalue weighted by atomic mass is 10.2. The highest BCUT2D eigenvalue weighted by molar-refractivity contribution is 7.99. The van der Waals surface area contributed by atoms with Crippen LogP contribution in [0, 0.1) is 6.92 Å². The van der Waals surface area contributed by atoms with E-state index in [1.165, 1.54) is 16.1 Å². The molecule has 0 saturated carbocycles. The highest BCUT2D eigenvalue weighted by atomic mass is 32.2. The van der Waals surface area contributed by atoms with Crippen LogP contribution in [0.3, 0.4) is 0 Å². The lowest BCUT2D eigenvalue weighted by Gasteiger charge is -2.26. The number of sulfonamides is 1. The smallest absolute Gasteiger partial charge is 0.243 e. The number of morpholine rings is 1. The molecule has 3 rings (SSSR count). The van der Waals surface area contributed by atoms with Gasteiger partial charge in [-0.3, -0.25) is 4.79 Å². The molecule has 1 aromatic carbocycles. The number of nitrogens with zero attached hydrogens (tertiary/aromatic N) is 3. The number of amides is 1. The standard InChI is InChI=1S/C18H23N5O4S2/c1-13-10-16(19)22-18(21-13)28-12-17(24)20-11-14-2-4-15(5-3-14)29(25,26)23-6-8-27-9-7-23/h2-5,10H,6-9,11-12H2,1H3,(H,20,24)(H2,19,21,22). The molecular weight excluding hydrogens is 414 g/mol. The van der Waals surface area contributed by atoms with Crippen molar-refractivity contribution in [3.8, 4) is 0 Å². The first kappa shape index (κ1) is 21.5. The largest absolute Gasteiger partial charge is 0.384 e. The number of carbonyl (C=O) groups is 1. The number of ether oxygens (including phenoxy) is 1. The van der Waals surface area contributed by atoms with Crippen molar-refractivity contribution in [1.82, 2.24) is 19.6 Å². The zero-order chi connectivity index (χ0) is 20.9. The van der Waals surface area contributed by atoms with E-state index in [0.29, 0.717) is 43.8 Å². The van der Waals surface area contributed by atoms with Gasteiger partial charge >= 0.3 is 0 Å². The molecule has 11 heteroatoms. The van der Waals surface area contributed by atoms with Crippen LogP contribution < -0.4 is 11.1 Å². The van der Waals surface area contributed by atoms with Crippen LogP contribution in [0.25, 0.3) is 0 Å². The number of anilines is 1. The zero-order valence-corrected chi connectivity index (χ0v) is 17.6. The van der Waals surface area contributed by atoms with Crippen molar-refractivity contribution in [2.75, 3.05) is 37.8 Å². The molecule has 156 valence electrons. The molecule has 2 heterocycles. The molecule has 0 spiro atoms. The van der Waals surface area contributed by atoms with Gasteiger partial charge in [0.2, 0.25) is 15.9 Å². The Balaban J connectivity index is 1.51. The van der Waals surface area contributed by atoms with Gasteiger partial charge in [-0.05, 0) is 24.6 Å². The van der Waals surface area contributed by atoms with E-state index in [-0.39, 0.29) is 16.6 Å². The van der Waals surface area contributed by atoms with E-state index in [0.717, 1.165) is 11.3 Å². The van der Waals surface area contributed by atoms with Crippen LogP contribution in [0.2, 0.25) is 0 Å². The Morgan fingerprint density at radius 1 is 1.24 bits per heavy atom. The summed E-state index contributed by atoms with van der Waals surface area (Å²) in [7, 11) is -3.52. The molecule has 1 saturated heterocycles. The summed E-state index contributed by atoms with van der Waals surface area (Å²) in [5.41, 5.74) is 7.22. The van der Waals surface area contributed by atoms with Crippen molar-refractivity contribution < 1.29 is 17.9 Å². The summed E-state index contributed by atoms with van der Waals surface area (Å²) in [4.78, 5) is 20.6. The first-order valence-electron chi connectivity index (χ1n) is 9.02. The lowest BCUT2D eigenvalue weighted by Crippen LogP contribution is -2.40. The van der Waals surface area contributed by atoms with E-state index in [4.69, 9.17) is 10.5 Å². The van der Waals surface area contributed by atoms with Gasteiger partial charge in [-0.2, -0.15) is 4.31 Å². The van der Waals surface area contributed by atoms with Gasteiger partial charge in [-0.15, -0.1) is 0 Å². The number of rotatable bonds is 7. The molecule has 1 aliphatic heterocycles. The second-order valence-corrected chi connectivity index (χ2v) is 9.32. The van der Waals surface area contributed by atoms with Gasteiger partial charge in [0, 0.05) is 31.4 Å². The molecule has 2 aromatic rings. The Bertz CT molecular complexity index is 940. The van der Waals surface area contributed by atoms with E-state index in [2.05, 4.69) is 15.3 Å². The minimum absolute atomic E-state index is 0.159. The Kier molecular flexibility index (Phi) is 7.06. The summed E-state index contributed by atoms with van der Waals surface area (Å²) < 4.78 is 31.8. The second-order valence-electron chi connectivity index (χ2n) is 6.44. The van der Waals surface area contributed by atoms with E-state index < -0.39 is 10.0 Å². The number of benzene rings is 1. The number of hydrogen-bond donors (Lipinski definition) is 2. The Labute approximate surface area is 174 Å². The maximum atomic E-state index is 12.6. The lowest BCUT2D eigenvalue weighted by molar-refractivity contribution is -0.118. The van der Waals surface area contributed by atoms with Crippen LogP contribution in [0.4, 0.5) is 5.82 Å². The Morgan fingerprint density at radius 3 is 2.59 bits per heavy atom. The predicted octanol–water partition coefficient (Wildman–Crippen LogP) is 0.797. The van der Waals surface area contributed by atoms with E-state index in [1.807, 2.05) is 6.92 Å². The van der Waals surface area contributed by atoms with Crippen molar-refractivity contribution in [3.05, 3.63) is 41.6 Å². The Hall–Kier alpha value is -2.21. The third kappa shape index (κ3) is 5.89. The number of nitrogen functional groups attached to an aromatic ring is 1. The van der Waals surface area contributed by atoms with Crippen molar-refractivity contribution in [3.63, 3.8) is 0 Å². The molecule has 0 unspecified atom stereocenters. The molecule has 0 bridgehead atoms. The summed E-state index contributed by atoms with van der Waals surface area (Å²) >= 11 is 1.20. The molecule has 29 heavy (non-hydrogen) atoms. The van der Waals surface area contributed by atoms with Crippen LogP contribution in [-0.2, 0) is 26.1 Å². The van der Waals surface area contributed by atoms with Crippen molar-refractivity contribution in [2.24, 2.45) is 0 Å². The highest BCUT2D eigenvalue weighted by Gasteiger charge is 2.26. The highest BCUT2D eigenvalue weighted by Crippen LogP contribution is 2.18. The topological polar surface area (TPSA) is 128 Å². The molecule has 0 aliphatic carbocycles. The maximum absolute atomic E-state index is 12.6. The average molecular weight is 438 g/mol. The normalized spacial score (nSPS) is 15.2. The van der Waals surface area contributed by atoms with Gasteiger partial charge in [0.05, 0.1) is 23.9 Å². The van der Waals surface area contributed by atoms with E-state index in [1.54, 1.807) is 30.3 Å². The summed E-state index contributed by atoms with van der Waals surface area (Å²) in [6.07, 6.45) is 0. The van der Waals surface area contributed by atoms with Crippen LogP contribution >= 0.6 is 11.8 Å². The first-order chi connectivity index (χ1) is 13.8. The summed E-state index contributed by atoms with van der Waals surface area (Å²) in [6, 6.07) is 8.18. The number of nitrogens with two attached hydrogens (primary N) is 1. The van der Waals surface area contributed by atoms with Gasteiger partial charge in [0.15, 0.2) is 5.16 Å². The number of aryl methyl sites for hydroxylation is 1. The summed E-state index contributed by atoms with van der Waals surface area (Å²) in [5.74, 6) is 0.350. The van der Waals surface area contributed by atoms with Crippen LogP contribution in [0.5, 0.6) is 0 Å². The fourth-order valence-electron chi connectivity index (χ4n) is 2.73. The Morgan fingerprint density at radius 2 is 1.93 bits per heavy atom. The molecular formula is C18H23N5O4S2. The molecule has 0 atom stereocenters.